The van der Waals surface area contributed by atoms with E-state index in [1.807, 2.05) is 0 Å². The molecule has 0 saturated carbocycles. The number of piperidine rings is 1. The minimum absolute atomic E-state index is 0.0496. The van der Waals surface area contributed by atoms with Gasteiger partial charge in [0.1, 0.15) is 22.3 Å². The molecular weight excluding hydrogens is 528 g/mol. The van der Waals surface area contributed by atoms with Gasteiger partial charge in [-0.05, 0) is 43.9 Å². The molecule has 3 atom stereocenters. The zero-order chi connectivity index (χ0) is 27.6. The fourth-order valence-electron chi connectivity index (χ4n) is 6.05. The Morgan fingerprint density at radius 3 is 2.36 bits per heavy atom. The van der Waals surface area contributed by atoms with Crippen molar-refractivity contribution in [1.82, 2.24) is 24.5 Å². The van der Waals surface area contributed by atoms with Gasteiger partial charge in [0, 0.05) is 53.2 Å². The van der Waals surface area contributed by atoms with Gasteiger partial charge in [0.05, 0.1) is 17.6 Å². The number of primary amides is 1. The van der Waals surface area contributed by atoms with Gasteiger partial charge in [-0.15, -0.1) is 0 Å². The monoisotopic (exact) mass is 553 g/mol. The number of anilines is 1. The summed E-state index contributed by atoms with van der Waals surface area (Å²) in [5, 5.41) is 4.30. The van der Waals surface area contributed by atoms with E-state index < -0.39 is 27.5 Å². The number of pyridine rings is 1. The maximum absolute atomic E-state index is 14.3. The van der Waals surface area contributed by atoms with Crippen molar-refractivity contribution in [2.45, 2.75) is 48.6 Å². The molecule has 2 fully saturated rings. The number of aromatic nitrogens is 4. The van der Waals surface area contributed by atoms with Crippen LogP contribution < -0.4 is 11.5 Å². The van der Waals surface area contributed by atoms with E-state index >= 15 is 0 Å². The molecule has 2 bridgehead atoms. The second-order valence-corrected chi connectivity index (χ2v) is 12.1. The molecule has 2 aliphatic rings. The summed E-state index contributed by atoms with van der Waals surface area (Å²) < 4.78 is 54.7. The molecule has 0 aliphatic carbocycles. The number of nitrogen functional groups attached to an aromatic ring is 1. The van der Waals surface area contributed by atoms with E-state index in [9.17, 15) is 22.0 Å². The van der Waals surface area contributed by atoms with Gasteiger partial charge in [-0.2, -0.15) is 9.61 Å². The molecule has 5 heterocycles. The minimum atomic E-state index is -3.78. The third-order valence-electron chi connectivity index (χ3n) is 7.69. The molecule has 202 valence electrons. The Morgan fingerprint density at radius 2 is 1.77 bits per heavy atom. The third kappa shape index (κ3) is 4.17. The number of nitrogens with two attached hydrogens (primary N) is 2. The molecule has 39 heavy (non-hydrogen) atoms. The summed E-state index contributed by atoms with van der Waals surface area (Å²) in [5.41, 5.74) is 14.3. The molecule has 2 saturated heterocycles. The summed E-state index contributed by atoms with van der Waals surface area (Å²) in [6.45, 7) is 0. The lowest BCUT2D eigenvalue weighted by Gasteiger charge is -2.38. The van der Waals surface area contributed by atoms with Crippen molar-refractivity contribution >= 4 is 27.3 Å². The fourth-order valence-corrected chi connectivity index (χ4v) is 7.11. The SMILES string of the molecule is CS(=O)(=O)c1c(C2C[C@H]3CC[C@@H](C2)N3C(N)=O)nc2c(-c3ccc(-c4ccc(F)cc4F)nc3)cnn2c1N. The normalized spacial score (nSPS) is 21.0. The van der Waals surface area contributed by atoms with Crippen molar-refractivity contribution in [3.8, 4) is 22.4 Å². The number of fused-ring (bicyclic) bond motifs is 3. The molecular formula is C26H25F2N7O3S. The van der Waals surface area contributed by atoms with E-state index in [-0.39, 0.29) is 34.3 Å². The largest absolute Gasteiger partial charge is 0.382 e. The number of hydrogen-bond acceptors (Lipinski definition) is 7. The van der Waals surface area contributed by atoms with E-state index in [4.69, 9.17) is 16.5 Å². The van der Waals surface area contributed by atoms with Crippen molar-refractivity contribution in [3.63, 3.8) is 0 Å². The van der Waals surface area contributed by atoms with Gasteiger partial charge in [-0.3, -0.25) is 4.98 Å². The summed E-state index contributed by atoms with van der Waals surface area (Å²) in [7, 11) is -3.78. The molecule has 4 aromatic rings. The number of rotatable bonds is 4. The summed E-state index contributed by atoms with van der Waals surface area (Å²) >= 11 is 0. The van der Waals surface area contributed by atoms with Crippen LogP contribution in [0.25, 0.3) is 28.0 Å². The zero-order valence-electron chi connectivity index (χ0n) is 20.9. The van der Waals surface area contributed by atoms with Crippen LogP contribution in [0.5, 0.6) is 0 Å². The first-order valence-electron chi connectivity index (χ1n) is 12.4. The van der Waals surface area contributed by atoms with Crippen LogP contribution in [0.4, 0.5) is 19.4 Å². The molecule has 0 radical (unpaired) electrons. The Hall–Kier alpha value is -4.13. The van der Waals surface area contributed by atoms with E-state index in [0.717, 1.165) is 31.2 Å². The van der Waals surface area contributed by atoms with Crippen molar-refractivity contribution < 1.29 is 22.0 Å². The van der Waals surface area contributed by atoms with Gasteiger partial charge < -0.3 is 16.4 Å². The van der Waals surface area contributed by atoms with Crippen molar-refractivity contribution in [2.24, 2.45) is 5.73 Å². The number of nitrogens with zero attached hydrogens (tertiary/aromatic N) is 5. The van der Waals surface area contributed by atoms with Crippen LogP contribution >= 0.6 is 0 Å². The first-order valence-corrected chi connectivity index (χ1v) is 14.3. The van der Waals surface area contributed by atoms with Crippen molar-refractivity contribution in [2.75, 3.05) is 12.0 Å². The number of carbonyl (C=O) groups is 1. The van der Waals surface area contributed by atoms with Crippen molar-refractivity contribution in [1.29, 1.82) is 0 Å². The quantitative estimate of drug-likeness (QED) is 0.393. The van der Waals surface area contributed by atoms with E-state index in [1.54, 1.807) is 17.0 Å². The van der Waals surface area contributed by atoms with Crippen LogP contribution in [-0.2, 0) is 9.84 Å². The molecule has 6 rings (SSSR count). The summed E-state index contributed by atoms with van der Waals surface area (Å²) in [6, 6.07) is 5.92. The second-order valence-electron chi connectivity index (χ2n) is 10.1. The highest BCUT2D eigenvalue weighted by Crippen LogP contribution is 2.45. The van der Waals surface area contributed by atoms with Gasteiger partial charge >= 0.3 is 6.03 Å². The van der Waals surface area contributed by atoms with Crippen LogP contribution in [0.3, 0.4) is 0 Å². The fraction of sp³-hybridized carbons (Fsp3) is 0.308. The van der Waals surface area contributed by atoms with Gasteiger partial charge in [-0.1, -0.05) is 6.07 Å². The van der Waals surface area contributed by atoms with Crippen LogP contribution in [0.1, 0.15) is 37.3 Å². The summed E-state index contributed by atoms with van der Waals surface area (Å²) in [4.78, 5) is 22.8. The predicted octanol–water partition coefficient (Wildman–Crippen LogP) is 3.51. The van der Waals surface area contributed by atoms with E-state index in [0.29, 0.717) is 41.0 Å². The number of sulfone groups is 1. The zero-order valence-corrected chi connectivity index (χ0v) is 21.7. The molecule has 1 unspecified atom stereocenters. The first-order chi connectivity index (χ1) is 18.5. The number of amides is 2. The van der Waals surface area contributed by atoms with Crippen LogP contribution in [0, 0.1) is 11.6 Å². The van der Waals surface area contributed by atoms with E-state index in [1.165, 1.54) is 23.0 Å². The average molecular weight is 554 g/mol. The molecule has 3 aromatic heterocycles. The molecule has 1 aromatic carbocycles. The number of halogens is 2. The average Bonchev–Trinajstić information content (AvgIpc) is 3.42. The van der Waals surface area contributed by atoms with Gasteiger partial charge in [0.25, 0.3) is 0 Å². The predicted molar refractivity (Wildman–Crippen MR) is 139 cm³/mol. The standard InChI is InChI=1S/C26H25F2N7O3S/c1-39(37,38)23-22(14-8-16-4-5-17(9-14)34(16)26(30)36)33-25-19(12-32-35(25)24(23)29)13-2-7-21(31-11-13)18-6-3-15(27)10-20(18)28/h2-3,6-7,10-12,14,16-17H,4-5,8-9,29H2,1H3,(H2,30,36)/t14?,16-,17+. The molecule has 2 amide bonds. The third-order valence-corrected chi connectivity index (χ3v) is 8.85. The Bertz CT molecular complexity index is 1730. The molecule has 4 N–H and O–H groups in total. The summed E-state index contributed by atoms with van der Waals surface area (Å²) in [5.74, 6) is -1.71. The van der Waals surface area contributed by atoms with Gasteiger partial charge in [0.15, 0.2) is 15.5 Å². The van der Waals surface area contributed by atoms with Crippen LogP contribution in [-0.4, -0.2) is 57.3 Å². The highest BCUT2D eigenvalue weighted by atomic mass is 32.2. The molecule has 0 spiro atoms. The Balaban J connectivity index is 1.44. The van der Waals surface area contributed by atoms with Gasteiger partial charge in [0.2, 0.25) is 0 Å². The van der Waals surface area contributed by atoms with Crippen molar-refractivity contribution in [3.05, 3.63) is 60.1 Å². The van der Waals surface area contributed by atoms with Gasteiger partial charge in [-0.25, -0.2) is 27.0 Å². The second kappa shape index (κ2) is 8.97. The lowest BCUT2D eigenvalue weighted by Crippen LogP contribution is -2.48. The number of benzene rings is 1. The lowest BCUT2D eigenvalue weighted by molar-refractivity contribution is 0.144. The lowest BCUT2D eigenvalue weighted by atomic mass is 9.88. The number of carbonyl (C=O) groups excluding carboxylic acids is 1. The van der Waals surface area contributed by atoms with E-state index in [2.05, 4.69) is 10.1 Å². The maximum atomic E-state index is 14.3. The number of hydrogen-bond donors (Lipinski definition) is 2. The minimum Gasteiger partial charge on any atom is -0.382 e. The van der Waals surface area contributed by atoms with Crippen LogP contribution in [0.2, 0.25) is 0 Å². The Kier molecular flexibility index (Phi) is 5.79. The topological polar surface area (TPSA) is 150 Å². The smallest absolute Gasteiger partial charge is 0.315 e. The maximum Gasteiger partial charge on any atom is 0.315 e. The summed E-state index contributed by atoms with van der Waals surface area (Å²) in [6.07, 6.45) is 6.75. The number of urea groups is 1. The molecule has 2 aliphatic heterocycles. The molecule has 13 heteroatoms. The Labute approximate surface area is 222 Å². The molecule has 10 nitrogen and oxygen atoms in total. The van der Waals surface area contributed by atoms with Crippen LogP contribution in [0.15, 0.2) is 47.6 Å². The first kappa shape index (κ1) is 25.2. The highest BCUT2D eigenvalue weighted by Gasteiger charge is 2.44. The highest BCUT2D eigenvalue weighted by molar-refractivity contribution is 7.91. The Morgan fingerprint density at radius 1 is 1.05 bits per heavy atom.